The quantitative estimate of drug-likeness (QED) is 0.544. The van der Waals surface area contributed by atoms with Gasteiger partial charge in [0.15, 0.2) is 0 Å². The molecule has 2 rings (SSSR count). The summed E-state index contributed by atoms with van der Waals surface area (Å²) in [6.07, 6.45) is 1.28. The van der Waals surface area contributed by atoms with Crippen molar-refractivity contribution in [3.05, 3.63) is 0 Å². The normalized spacial score (nSPS) is 44.0. The number of hydrogen-bond donors (Lipinski definition) is 0. The first-order valence-corrected chi connectivity index (χ1v) is 5.18. The van der Waals surface area contributed by atoms with Gasteiger partial charge in [0.1, 0.15) is 0 Å². The molecule has 1 saturated carbocycles. The molecule has 1 aliphatic carbocycles. The van der Waals surface area contributed by atoms with Crippen molar-refractivity contribution in [2.24, 2.45) is 21.8 Å². The first kappa shape index (κ1) is 8.92. The van der Waals surface area contributed by atoms with Crippen molar-refractivity contribution >= 4 is 11.4 Å². The molecule has 1 fully saturated rings. The molecule has 0 bridgehead atoms. The molecule has 0 aromatic rings. The fourth-order valence-electron chi connectivity index (χ4n) is 2.58. The van der Waals surface area contributed by atoms with Crippen molar-refractivity contribution in [3.8, 4) is 0 Å². The minimum Gasteiger partial charge on any atom is -0.282 e. The second kappa shape index (κ2) is 2.93. The van der Waals surface area contributed by atoms with Crippen molar-refractivity contribution in [1.29, 1.82) is 0 Å². The molecule has 0 spiro atoms. The summed E-state index contributed by atoms with van der Waals surface area (Å²) in [5.74, 6) is 1.43. The van der Waals surface area contributed by atoms with Crippen LogP contribution in [0.5, 0.6) is 0 Å². The summed E-state index contributed by atoms with van der Waals surface area (Å²) in [5.41, 5.74) is 2.28. The van der Waals surface area contributed by atoms with Gasteiger partial charge in [0.2, 0.25) is 0 Å². The van der Waals surface area contributed by atoms with Crippen LogP contribution in [-0.4, -0.2) is 23.5 Å². The molecule has 0 aromatic heterocycles. The van der Waals surface area contributed by atoms with Crippen molar-refractivity contribution in [1.82, 2.24) is 0 Å². The van der Waals surface area contributed by atoms with E-state index in [1.807, 2.05) is 0 Å². The molecular weight excluding hydrogens is 160 g/mol. The molecule has 13 heavy (non-hydrogen) atoms. The predicted octanol–water partition coefficient (Wildman–Crippen LogP) is 2.33. The van der Waals surface area contributed by atoms with E-state index in [1.165, 1.54) is 6.42 Å². The van der Waals surface area contributed by atoms with Crippen molar-refractivity contribution in [3.63, 3.8) is 0 Å². The predicted molar refractivity (Wildman–Crippen MR) is 56.7 cm³/mol. The van der Waals surface area contributed by atoms with Gasteiger partial charge in [-0.2, -0.15) is 0 Å². The Morgan fingerprint density at radius 2 is 1.31 bits per heavy atom. The Bertz CT molecular complexity index is 250. The topological polar surface area (TPSA) is 24.7 Å². The summed E-state index contributed by atoms with van der Waals surface area (Å²) < 4.78 is 0. The van der Waals surface area contributed by atoms with E-state index in [9.17, 15) is 0 Å². The fraction of sp³-hybridized carbons (Fsp3) is 0.818. The third kappa shape index (κ3) is 1.32. The average molecular weight is 178 g/mol. The maximum atomic E-state index is 4.74. The van der Waals surface area contributed by atoms with Crippen LogP contribution in [0.2, 0.25) is 0 Å². The minimum absolute atomic E-state index is 0.471. The second-order valence-electron chi connectivity index (χ2n) is 4.60. The molecule has 4 atom stereocenters. The van der Waals surface area contributed by atoms with Crippen LogP contribution in [0, 0.1) is 11.8 Å². The van der Waals surface area contributed by atoms with Gasteiger partial charge in [-0.25, -0.2) is 0 Å². The van der Waals surface area contributed by atoms with Crippen molar-refractivity contribution < 1.29 is 0 Å². The molecule has 72 valence electrons. The molecule has 2 heteroatoms. The van der Waals surface area contributed by atoms with E-state index in [-0.39, 0.29) is 0 Å². The summed E-state index contributed by atoms with van der Waals surface area (Å²) >= 11 is 0. The number of aliphatic imine (C=N–C) groups is 2. The lowest BCUT2D eigenvalue weighted by atomic mass is 10.0. The molecule has 0 unspecified atom stereocenters. The highest BCUT2D eigenvalue weighted by Crippen LogP contribution is 2.37. The minimum atomic E-state index is 0.471. The Hall–Kier alpha value is -0.660. The van der Waals surface area contributed by atoms with Crippen LogP contribution in [0.1, 0.15) is 34.1 Å². The second-order valence-corrected chi connectivity index (χ2v) is 4.60. The lowest BCUT2D eigenvalue weighted by Crippen LogP contribution is -2.31. The number of hydrogen-bond acceptors (Lipinski definition) is 2. The standard InChI is InChI=1S/C11H18N2/c1-6-5-7(2)11-10(6)12-8(3)9(4)13-11/h6-7,10-11H,5H2,1-4H3/t6-,7-,10+,11+/m1/s1. The molecule has 1 aliphatic heterocycles. The zero-order chi connectivity index (χ0) is 9.59. The van der Waals surface area contributed by atoms with E-state index in [4.69, 9.17) is 9.98 Å². The van der Waals surface area contributed by atoms with Gasteiger partial charge in [-0.3, -0.25) is 9.98 Å². The van der Waals surface area contributed by atoms with Crippen LogP contribution in [-0.2, 0) is 0 Å². The molecule has 2 nitrogen and oxygen atoms in total. The van der Waals surface area contributed by atoms with Crippen LogP contribution < -0.4 is 0 Å². The van der Waals surface area contributed by atoms with Gasteiger partial charge < -0.3 is 0 Å². The zero-order valence-corrected chi connectivity index (χ0v) is 8.91. The molecule has 2 aliphatic rings. The van der Waals surface area contributed by atoms with Crippen LogP contribution in [0.3, 0.4) is 0 Å². The van der Waals surface area contributed by atoms with Crippen molar-refractivity contribution in [2.45, 2.75) is 46.2 Å². The molecule has 0 N–H and O–H groups in total. The smallest absolute Gasteiger partial charge is 0.0755 e. The Morgan fingerprint density at radius 1 is 0.923 bits per heavy atom. The number of fused-ring (bicyclic) bond motifs is 1. The maximum absolute atomic E-state index is 4.74. The highest BCUT2D eigenvalue weighted by atomic mass is 15.0. The third-order valence-electron chi connectivity index (χ3n) is 3.47. The van der Waals surface area contributed by atoms with E-state index in [2.05, 4.69) is 27.7 Å². The lowest BCUT2D eigenvalue weighted by Gasteiger charge is -2.23. The van der Waals surface area contributed by atoms with Gasteiger partial charge in [0.25, 0.3) is 0 Å². The largest absolute Gasteiger partial charge is 0.282 e. The Morgan fingerprint density at radius 3 is 1.69 bits per heavy atom. The van der Waals surface area contributed by atoms with Crippen LogP contribution in [0.15, 0.2) is 9.98 Å². The summed E-state index contributed by atoms with van der Waals surface area (Å²) in [5, 5.41) is 0. The van der Waals surface area contributed by atoms with E-state index in [1.54, 1.807) is 0 Å². The van der Waals surface area contributed by atoms with Crippen LogP contribution >= 0.6 is 0 Å². The Kier molecular flexibility index (Phi) is 2.01. The Balaban J connectivity index is 2.31. The maximum Gasteiger partial charge on any atom is 0.0755 e. The monoisotopic (exact) mass is 178 g/mol. The van der Waals surface area contributed by atoms with Gasteiger partial charge in [-0.15, -0.1) is 0 Å². The van der Waals surface area contributed by atoms with E-state index in [0.717, 1.165) is 11.4 Å². The SMILES string of the molecule is CC1=N[C@@H]2[C@@H](N=C1C)[C@H](C)C[C@H]2C. The molecule has 0 saturated heterocycles. The number of rotatable bonds is 0. The average Bonchev–Trinajstić information content (AvgIpc) is 2.31. The van der Waals surface area contributed by atoms with Gasteiger partial charge in [0, 0.05) is 0 Å². The van der Waals surface area contributed by atoms with E-state index < -0.39 is 0 Å². The molecule has 1 heterocycles. The van der Waals surface area contributed by atoms with E-state index in [0.29, 0.717) is 23.9 Å². The lowest BCUT2D eigenvalue weighted by molar-refractivity contribution is 0.484. The summed E-state index contributed by atoms with van der Waals surface area (Å²) in [6.45, 7) is 8.75. The van der Waals surface area contributed by atoms with Crippen LogP contribution in [0.25, 0.3) is 0 Å². The van der Waals surface area contributed by atoms with Gasteiger partial charge >= 0.3 is 0 Å². The van der Waals surface area contributed by atoms with Gasteiger partial charge in [-0.1, -0.05) is 13.8 Å². The van der Waals surface area contributed by atoms with Gasteiger partial charge in [-0.05, 0) is 32.1 Å². The van der Waals surface area contributed by atoms with Gasteiger partial charge in [0.05, 0.1) is 23.5 Å². The molecular formula is C11H18N2. The number of nitrogens with zero attached hydrogens (tertiary/aromatic N) is 2. The molecule has 0 aromatic carbocycles. The zero-order valence-electron chi connectivity index (χ0n) is 8.91. The fourth-order valence-corrected chi connectivity index (χ4v) is 2.58. The Labute approximate surface area is 80.2 Å². The highest BCUT2D eigenvalue weighted by molar-refractivity contribution is 6.41. The highest BCUT2D eigenvalue weighted by Gasteiger charge is 2.40. The van der Waals surface area contributed by atoms with E-state index >= 15 is 0 Å². The molecule has 0 radical (unpaired) electrons. The summed E-state index contributed by atoms with van der Waals surface area (Å²) in [7, 11) is 0. The third-order valence-corrected chi connectivity index (χ3v) is 3.47. The molecule has 0 amide bonds. The van der Waals surface area contributed by atoms with Crippen LogP contribution in [0.4, 0.5) is 0 Å². The first-order valence-electron chi connectivity index (χ1n) is 5.18. The van der Waals surface area contributed by atoms with Crippen molar-refractivity contribution in [2.75, 3.05) is 0 Å². The summed E-state index contributed by atoms with van der Waals surface area (Å²) in [6, 6.07) is 0.942. The summed E-state index contributed by atoms with van der Waals surface area (Å²) in [4.78, 5) is 9.49. The first-order chi connectivity index (χ1) is 6.09.